The lowest BCUT2D eigenvalue weighted by molar-refractivity contribution is -0.132. The zero-order valence-electron chi connectivity index (χ0n) is 17.2. The maximum Gasteiger partial charge on any atom is 0.229 e. The van der Waals surface area contributed by atoms with Crippen molar-refractivity contribution in [2.24, 2.45) is 5.92 Å². The number of hydrogen-bond donors (Lipinski definition) is 1. The zero-order valence-corrected chi connectivity index (χ0v) is 18.0. The molecule has 2 aromatic rings. The van der Waals surface area contributed by atoms with Crippen molar-refractivity contribution >= 4 is 15.9 Å². The number of carbonyl (C=O) groups excluding carboxylic acids is 1. The lowest BCUT2D eigenvalue weighted by Crippen LogP contribution is -2.48. The first-order chi connectivity index (χ1) is 14.4. The normalized spacial score (nSPS) is 28.0. The van der Waals surface area contributed by atoms with Crippen molar-refractivity contribution in [2.75, 3.05) is 19.3 Å². The predicted octanol–water partition coefficient (Wildman–Crippen LogP) is 3.36. The van der Waals surface area contributed by atoms with E-state index in [1.54, 1.807) is 19.1 Å². The van der Waals surface area contributed by atoms with Crippen molar-refractivity contribution in [3.8, 4) is 11.1 Å². The Morgan fingerprint density at radius 3 is 2.42 bits per heavy atom. The molecule has 31 heavy (non-hydrogen) atoms. The number of nitrogens with one attached hydrogen (secondary N) is 1. The van der Waals surface area contributed by atoms with Gasteiger partial charge in [0, 0.05) is 25.0 Å². The van der Waals surface area contributed by atoms with E-state index in [0.29, 0.717) is 13.0 Å². The molecular formula is C22H23F3N2O3S. The summed E-state index contributed by atoms with van der Waals surface area (Å²) in [6.45, 7) is 2.14. The van der Waals surface area contributed by atoms with Gasteiger partial charge in [0.15, 0.2) is 0 Å². The standard InChI is InChI=1S/C22H23F3N2O3S/c1-21(26-31(2,29)30)10-11-27(13-21)20(28)16-12-22(16,25)15-7-4-3-6-14(15)19-17(23)8-5-9-18(19)24/h3-9,16,26H,10-13H2,1-2H3/t16-,21+,22+/m0/s1. The van der Waals surface area contributed by atoms with Gasteiger partial charge in [0.2, 0.25) is 15.9 Å². The minimum Gasteiger partial charge on any atom is -0.340 e. The Kier molecular flexibility index (Phi) is 5.17. The summed E-state index contributed by atoms with van der Waals surface area (Å²) in [6.07, 6.45) is 1.37. The molecule has 5 nitrogen and oxygen atoms in total. The second kappa shape index (κ2) is 7.34. The van der Waals surface area contributed by atoms with Gasteiger partial charge < -0.3 is 4.90 Å². The van der Waals surface area contributed by atoms with E-state index in [-0.39, 0.29) is 29.7 Å². The molecule has 1 N–H and O–H groups in total. The van der Waals surface area contributed by atoms with E-state index in [9.17, 15) is 22.0 Å². The molecule has 1 saturated carbocycles. The van der Waals surface area contributed by atoms with Crippen LogP contribution in [0.2, 0.25) is 0 Å². The van der Waals surface area contributed by atoms with E-state index in [0.717, 1.165) is 18.4 Å². The number of likely N-dealkylation sites (tertiary alicyclic amines) is 1. The van der Waals surface area contributed by atoms with Gasteiger partial charge in [-0.2, -0.15) is 0 Å². The van der Waals surface area contributed by atoms with Crippen LogP contribution >= 0.6 is 0 Å². The maximum atomic E-state index is 15.9. The topological polar surface area (TPSA) is 66.5 Å². The summed E-state index contributed by atoms with van der Waals surface area (Å²) in [5.74, 6) is -3.02. The number of halogens is 3. The van der Waals surface area contributed by atoms with E-state index >= 15 is 4.39 Å². The summed E-state index contributed by atoms with van der Waals surface area (Å²) in [6, 6.07) is 9.48. The summed E-state index contributed by atoms with van der Waals surface area (Å²) >= 11 is 0. The number of nitrogens with zero attached hydrogens (tertiary/aromatic N) is 1. The predicted molar refractivity (Wildman–Crippen MR) is 110 cm³/mol. The van der Waals surface area contributed by atoms with Crippen LogP contribution in [0.25, 0.3) is 11.1 Å². The van der Waals surface area contributed by atoms with Crippen molar-refractivity contribution in [3.05, 3.63) is 59.7 Å². The van der Waals surface area contributed by atoms with Gasteiger partial charge in [-0.25, -0.2) is 26.3 Å². The molecule has 0 bridgehead atoms. The van der Waals surface area contributed by atoms with Gasteiger partial charge in [-0.1, -0.05) is 30.3 Å². The van der Waals surface area contributed by atoms with Crippen LogP contribution < -0.4 is 4.72 Å². The Morgan fingerprint density at radius 1 is 1.13 bits per heavy atom. The smallest absolute Gasteiger partial charge is 0.229 e. The molecule has 2 aliphatic rings. The molecule has 0 radical (unpaired) electrons. The number of hydrogen-bond acceptors (Lipinski definition) is 3. The van der Waals surface area contributed by atoms with Crippen LogP contribution in [0.5, 0.6) is 0 Å². The molecule has 1 heterocycles. The number of rotatable bonds is 5. The van der Waals surface area contributed by atoms with Crippen LogP contribution in [0, 0.1) is 17.6 Å². The molecule has 9 heteroatoms. The highest BCUT2D eigenvalue weighted by molar-refractivity contribution is 7.88. The number of sulfonamides is 1. The minimum atomic E-state index is -3.46. The highest BCUT2D eigenvalue weighted by atomic mass is 32.2. The summed E-state index contributed by atoms with van der Waals surface area (Å²) in [5, 5.41) is 0. The highest BCUT2D eigenvalue weighted by Crippen LogP contribution is 2.59. The molecule has 0 aromatic heterocycles. The average molecular weight is 452 g/mol. The number of benzene rings is 2. The van der Waals surface area contributed by atoms with Crippen molar-refractivity contribution in [3.63, 3.8) is 0 Å². The molecule has 3 atom stereocenters. The highest BCUT2D eigenvalue weighted by Gasteiger charge is 2.63. The number of alkyl halides is 1. The number of amides is 1. The number of carbonyl (C=O) groups is 1. The van der Waals surface area contributed by atoms with Gasteiger partial charge in [0.05, 0.1) is 17.7 Å². The second-order valence-electron chi connectivity index (χ2n) is 8.71. The average Bonchev–Trinajstić information content (AvgIpc) is 3.22. The van der Waals surface area contributed by atoms with Crippen molar-refractivity contribution in [2.45, 2.75) is 31.0 Å². The first kappa shape index (κ1) is 21.8. The van der Waals surface area contributed by atoms with Crippen LogP contribution in [-0.4, -0.2) is 44.1 Å². The van der Waals surface area contributed by atoms with Gasteiger partial charge in [-0.3, -0.25) is 4.79 Å². The molecule has 2 aromatic carbocycles. The Bertz CT molecular complexity index is 1140. The SMILES string of the molecule is C[C@@]1(NS(C)(=O)=O)CCN(C(=O)[C@@H]2C[C@@]2(F)c2ccccc2-c2c(F)cccc2F)C1. The molecule has 1 saturated heterocycles. The van der Waals surface area contributed by atoms with Crippen molar-refractivity contribution in [1.82, 2.24) is 9.62 Å². The zero-order chi connectivity index (χ0) is 22.6. The molecule has 1 amide bonds. The molecule has 2 fully saturated rings. The fourth-order valence-electron chi connectivity index (χ4n) is 4.54. The summed E-state index contributed by atoms with van der Waals surface area (Å²) in [7, 11) is -3.46. The van der Waals surface area contributed by atoms with E-state index < -0.39 is 44.7 Å². The first-order valence-corrected chi connectivity index (χ1v) is 11.8. The van der Waals surface area contributed by atoms with Gasteiger partial charge in [-0.15, -0.1) is 0 Å². The molecular weight excluding hydrogens is 429 g/mol. The molecule has 1 aliphatic carbocycles. The minimum absolute atomic E-state index is 0.0774. The van der Waals surface area contributed by atoms with Crippen LogP contribution in [-0.2, 0) is 20.5 Å². The Morgan fingerprint density at radius 2 is 1.77 bits per heavy atom. The maximum absolute atomic E-state index is 15.9. The van der Waals surface area contributed by atoms with Gasteiger partial charge in [0.1, 0.15) is 17.3 Å². The lowest BCUT2D eigenvalue weighted by atomic mass is 9.93. The summed E-state index contributed by atoms with van der Waals surface area (Å²) in [4.78, 5) is 14.4. The molecule has 1 aliphatic heterocycles. The van der Waals surface area contributed by atoms with Gasteiger partial charge >= 0.3 is 0 Å². The third kappa shape index (κ3) is 4.08. The second-order valence-corrected chi connectivity index (χ2v) is 10.5. The molecule has 4 rings (SSSR count). The van der Waals surface area contributed by atoms with E-state index in [1.807, 2.05) is 0 Å². The van der Waals surface area contributed by atoms with Crippen LogP contribution in [0.1, 0.15) is 25.3 Å². The van der Waals surface area contributed by atoms with E-state index in [4.69, 9.17) is 0 Å². The quantitative estimate of drug-likeness (QED) is 0.757. The third-order valence-corrected chi connectivity index (χ3v) is 6.88. The monoisotopic (exact) mass is 452 g/mol. The van der Waals surface area contributed by atoms with Crippen LogP contribution in [0.15, 0.2) is 42.5 Å². The fraction of sp³-hybridized carbons (Fsp3) is 0.409. The van der Waals surface area contributed by atoms with Gasteiger partial charge in [-0.05, 0) is 36.6 Å². The molecule has 0 spiro atoms. The van der Waals surface area contributed by atoms with Crippen molar-refractivity contribution in [1.29, 1.82) is 0 Å². The molecule has 166 valence electrons. The van der Waals surface area contributed by atoms with E-state index in [2.05, 4.69) is 4.72 Å². The fourth-order valence-corrected chi connectivity index (χ4v) is 5.60. The Labute approximate surface area is 179 Å². The van der Waals surface area contributed by atoms with Crippen LogP contribution in [0.4, 0.5) is 13.2 Å². The summed E-state index contributed by atoms with van der Waals surface area (Å²) < 4.78 is 70.3. The van der Waals surface area contributed by atoms with Crippen molar-refractivity contribution < 1.29 is 26.4 Å². The third-order valence-electron chi connectivity index (χ3n) is 6.02. The van der Waals surface area contributed by atoms with Gasteiger partial charge in [0.25, 0.3) is 0 Å². The first-order valence-electron chi connectivity index (χ1n) is 9.94. The Balaban J connectivity index is 1.59. The largest absolute Gasteiger partial charge is 0.340 e. The lowest BCUT2D eigenvalue weighted by Gasteiger charge is -2.25. The van der Waals surface area contributed by atoms with Crippen LogP contribution in [0.3, 0.4) is 0 Å². The van der Waals surface area contributed by atoms with E-state index in [1.165, 1.54) is 23.1 Å². The Hall–Kier alpha value is -2.39. The molecule has 0 unspecified atom stereocenters. The summed E-state index contributed by atoms with van der Waals surface area (Å²) in [5.41, 5.74) is -3.01.